The molecule has 0 aliphatic rings. The summed E-state index contributed by atoms with van der Waals surface area (Å²) in [6.45, 7) is 3.63. The number of hydrogen-bond acceptors (Lipinski definition) is 4. The minimum absolute atomic E-state index is 0.303. The van der Waals surface area contributed by atoms with Crippen LogP contribution in [0.2, 0.25) is 0 Å². The maximum Gasteiger partial charge on any atom is 0.290 e. The number of halogens is 1. The molecule has 0 bridgehead atoms. The number of fused-ring (bicyclic) bond motifs is 1. The fourth-order valence-electron chi connectivity index (χ4n) is 2.53. The van der Waals surface area contributed by atoms with E-state index in [2.05, 4.69) is 31.4 Å². The summed E-state index contributed by atoms with van der Waals surface area (Å²) in [5, 5.41) is 4.21. The molecule has 1 N–H and O–H groups in total. The zero-order valence-corrected chi connectivity index (χ0v) is 15.7. The van der Waals surface area contributed by atoms with Gasteiger partial charge < -0.3 is 4.74 Å². The minimum atomic E-state index is -0.303. The third-order valence-electron chi connectivity index (χ3n) is 3.81. The molecule has 0 radical (unpaired) electrons. The Bertz CT molecular complexity index is 978. The van der Waals surface area contributed by atoms with Crippen LogP contribution in [0.3, 0.4) is 0 Å². The van der Waals surface area contributed by atoms with Gasteiger partial charge in [0, 0.05) is 6.20 Å². The second-order valence-corrected chi connectivity index (χ2v) is 6.32. The number of rotatable bonds is 4. The number of ether oxygens (including phenoxy) is 1. The highest BCUT2D eigenvalue weighted by Crippen LogP contribution is 2.25. The lowest BCUT2D eigenvalue weighted by molar-refractivity contribution is 0.0948. The Hall–Kier alpha value is -2.67. The van der Waals surface area contributed by atoms with E-state index in [0.29, 0.717) is 17.1 Å². The van der Waals surface area contributed by atoms with Crippen molar-refractivity contribution in [2.45, 2.75) is 13.8 Å². The third-order valence-corrected chi connectivity index (χ3v) is 4.43. The summed E-state index contributed by atoms with van der Waals surface area (Å²) in [6, 6.07) is 11.2. The standard InChI is InChI=1S/C18H17BrN4O2/c1-11(13-7-8-15(25-3)14(19)10-13)21-22-18(24)17-12(2)20-16-6-4-5-9-23(16)17/h4-10H,1-3H3,(H,22,24)/b21-11-. The Morgan fingerprint density at radius 3 is 2.84 bits per heavy atom. The molecule has 0 saturated carbocycles. The maximum absolute atomic E-state index is 12.5. The molecule has 7 heteroatoms. The van der Waals surface area contributed by atoms with Crippen LogP contribution in [0.4, 0.5) is 0 Å². The Labute approximate surface area is 153 Å². The van der Waals surface area contributed by atoms with Gasteiger partial charge in [-0.15, -0.1) is 0 Å². The molecule has 0 spiro atoms. The normalized spacial score (nSPS) is 11.6. The van der Waals surface area contributed by atoms with E-state index in [1.54, 1.807) is 24.6 Å². The topological polar surface area (TPSA) is 68.0 Å². The van der Waals surface area contributed by atoms with Gasteiger partial charge in [-0.25, -0.2) is 10.4 Å². The molecule has 3 rings (SSSR count). The van der Waals surface area contributed by atoms with E-state index in [1.807, 2.05) is 43.3 Å². The highest BCUT2D eigenvalue weighted by molar-refractivity contribution is 9.10. The SMILES string of the molecule is COc1ccc(/C(C)=N\NC(=O)c2c(C)nc3ccccn23)cc1Br. The number of carbonyl (C=O) groups is 1. The van der Waals surface area contributed by atoms with Crippen LogP contribution < -0.4 is 10.2 Å². The predicted molar refractivity (Wildman–Crippen MR) is 100 cm³/mol. The van der Waals surface area contributed by atoms with Crippen LogP contribution in [0.5, 0.6) is 5.75 Å². The van der Waals surface area contributed by atoms with Gasteiger partial charge >= 0.3 is 0 Å². The summed E-state index contributed by atoms with van der Waals surface area (Å²) in [5.41, 5.74) is 6.03. The van der Waals surface area contributed by atoms with Gasteiger partial charge in [0.2, 0.25) is 0 Å². The van der Waals surface area contributed by atoms with Crippen molar-refractivity contribution < 1.29 is 9.53 Å². The fourth-order valence-corrected chi connectivity index (χ4v) is 3.07. The number of methoxy groups -OCH3 is 1. The van der Waals surface area contributed by atoms with Crippen molar-refractivity contribution >= 4 is 33.2 Å². The predicted octanol–water partition coefficient (Wildman–Crippen LogP) is 3.57. The number of pyridine rings is 1. The van der Waals surface area contributed by atoms with Gasteiger partial charge in [-0.05, 0) is 65.7 Å². The summed E-state index contributed by atoms with van der Waals surface area (Å²) < 4.78 is 7.79. The molecular formula is C18H17BrN4O2. The number of hydrazone groups is 1. The average molecular weight is 401 g/mol. The van der Waals surface area contributed by atoms with E-state index in [9.17, 15) is 4.79 Å². The molecule has 6 nitrogen and oxygen atoms in total. The molecule has 0 atom stereocenters. The number of amides is 1. The summed E-state index contributed by atoms with van der Waals surface area (Å²) in [4.78, 5) is 16.9. The van der Waals surface area contributed by atoms with Crippen molar-refractivity contribution in [2.24, 2.45) is 5.10 Å². The molecule has 25 heavy (non-hydrogen) atoms. The zero-order chi connectivity index (χ0) is 18.0. The molecule has 0 aliphatic carbocycles. The monoisotopic (exact) mass is 400 g/mol. The van der Waals surface area contributed by atoms with Crippen LogP contribution in [0, 0.1) is 6.92 Å². The Morgan fingerprint density at radius 1 is 1.32 bits per heavy atom. The van der Waals surface area contributed by atoms with Gasteiger partial charge in [0.15, 0.2) is 0 Å². The van der Waals surface area contributed by atoms with Gasteiger partial charge in [-0.1, -0.05) is 6.07 Å². The molecule has 0 aliphatic heterocycles. The maximum atomic E-state index is 12.5. The Kier molecular flexibility index (Phi) is 4.85. The first-order chi connectivity index (χ1) is 12.0. The van der Waals surface area contributed by atoms with Crippen molar-refractivity contribution in [3.63, 3.8) is 0 Å². The molecule has 3 aromatic rings. The van der Waals surface area contributed by atoms with Crippen molar-refractivity contribution in [1.29, 1.82) is 0 Å². The highest BCUT2D eigenvalue weighted by Gasteiger charge is 2.16. The lowest BCUT2D eigenvalue weighted by Crippen LogP contribution is -2.21. The first-order valence-corrected chi connectivity index (χ1v) is 8.43. The first kappa shape index (κ1) is 17.2. The van der Waals surface area contributed by atoms with Crippen LogP contribution in [-0.2, 0) is 0 Å². The fraction of sp³-hybridized carbons (Fsp3) is 0.167. The van der Waals surface area contributed by atoms with Gasteiger partial charge in [0.05, 0.1) is 23.0 Å². The number of imidazole rings is 1. The van der Waals surface area contributed by atoms with E-state index in [-0.39, 0.29) is 5.91 Å². The van der Waals surface area contributed by atoms with Crippen LogP contribution in [0.15, 0.2) is 52.2 Å². The van der Waals surface area contributed by atoms with Crippen molar-refractivity contribution in [3.05, 3.63) is 64.0 Å². The average Bonchev–Trinajstić information content (AvgIpc) is 2.95. The number of aryl methyl sites for hydroxylation is 1. The lowest BCUT2D eigenvalue weighted by atomic mass is 10.1. The molecular weight excluding hydrogens is 384 g/mol. The molecule has 0 fully saturated rings. The first-order valence-electron chi connectivity index (χ1n) is 7.63. The largest absolute Gasteiger partial charge is 0.496 e. The molecule has 1 aromatic carbocycles. The summed E-state index contributed by atoms with van der Waals surface area (Å²) in [6.07, 6.45) is 1.81. The summed E-state index contributed by atoms with van der Waals surface area (Å²) in [5.74, 6) is 0.435. The van der Waals surface area contributed by atoms with Gasteiger partial charge in [-0.2, -0.15) is 5.10 Å². The van der Waals surface area contributed by atoms with E-state index >= 15 is 0 Å². The van der Waals surface area contributed by atoms with Crippen LogP contribution in [0.25, 0.3) is 5.65 Å². The minimum Gasteiger partial charge on any atom is -0.496 e. The van der Waals surface area contributed by atoms with Crippen LogP contribution in [0.1, 0.15) is 28.7 Å². The number of nitrogens with zero attached hydrogens (tertiary/aromatic N) is 3. The Balaban J connectivity index is 1.84. The van der Waals surface area contributed by atoms with E-state index in [1.165, 1.54) is 0 Å². The molecule has 0 saturated heterocycles. The lowest BCUT2D eigenvalue weighted by Gasteiger charge is -2.07. The van der Waals surface area contributed by atoms with Crippen molar-refractivity contribution in [2.75, 3.05) is 7.11 Å². The highest BCUT2D eigenvalue weighted by atomic mass is 79.9. The van der Waals surface area contributed by atoms with Gasteiger partial charge in [0.25, 0.3) is 5.91 Å². The molecule has 2 heterocycles. The van der Waals surface area contributed by atoms with E-state index < -0.39 is 0 Å². The quantitative estimate of drug-likeness (QED) is 0.537. The number of nitrogens with one attached hydrogen (secondary N) is 1. The second-order valence-electron chi connectivity index (χ2n) is 5.46. The van der Waals surface area contributed by atoms with E-state index in [4.69, 9.17) is 4.74 Å². The van der Waals surface area contributed by atoms with Gasteiger partial charge in [-0.3, -0.25) is 9.20 Å². The zero-order valence-electron chi connectivity index (χ0n) is 14.1. The molecule has 2 aromatic heterocycles. The number of hydrogen-bond donors (Lipinski definition) is 1. The number of aromatic nitrogens is 2. The van der Waals surface area contributed by atoms with Crippen LogP contribution in [-0.4, -0.2) is 28.1 Å². The van der Waals surface area contributed by atoms with Crippen molar-refractivity contribution in [1.82, 2.24) is 14.8 Å². The van der Waals surface area contributed by atoms with Crippen LogP contribution >= 0.6 is 15.9 Å². The van der Waals surface area contributed by atoms with E-state index in [0.717, 1.165) is 21.4 Å². The third kappa shape index (κ3) is 3.41. The molecule has 128 valence electrons. The molecule has 1 amide bonds. The Morgan fingerprint density at radius 2 is 2.12 bits per heavy atom. The number of benzene rings is 1. The second kappa shape index (κ2) is 7.06. The summed E-state index contributed by atoms with van der Waals surface area (Å²) >= 11 is 3.44. The van der Waals surface area contributed by atoms with Crippen molar-refractivity contribution in [3.8, 4) is 5.75 Å². The summed E-state index contributed by atoms with van der Waals surface area (Å²) in [7, 11) is 1.61. The van der Waals surface area contributed by atoms with Gasteiger partial charge in [0.1, 0.15) is 17.1 Å². The molecule has 0 unspecified atom stereocenters. The number of carbonyl (C=O) groups excluding carboxylic acids is 1. The smallest absolute Gasteiger partial charge is 0.290 e.